The van der Waals surface area contributed by atoms with Crippen LogP contribution in [0.25, 0.3) is 0 Å². The monoisotopic (exact) mass is 378 g/mol. The first-order valence-corrected chi connectivity index (χ1v) is 10.4. The summed E-state index contributed by atoms with van der Waals surface area (Å²) in [5.74, 6) is 0.0292. The first-order valence-electron chi connectivity index (χ1n) is 7.89. The molecule has 0 fully saturated rings. The molecule has 0 radical (unpaired) electrons. The highest BCUT2D eigenvalue weighted by Gasteiger charge is 2.07. The fourth-order valence-electron chi connectivity index (χ4n) is 1.40. The van der Waals surface area contributed by atoms with Gasteiger partial charge in [-0.3, -0.25) is 20.2 Å². The van der Waals surface area contributed by atoms with E-state index in [1.54, 1.807) is 6.92 Å². The number of imide groups is 2. The number of rotatable bonds is 11. The quantitative estimate of drug-likeness (QED) is 0.321. The highest BCUT2D eigenvalue weighted by Crippen LogP contribution is 2.19. The highest BCUT2D eigenvalue weighted by molar-refractivity contribution is 8.76. The Bertz CT molecular complexity index is 422. The van der Waals surface area contributed by atoms with Crippen LogP contribution in [-0.2, 0) is 9.59 Å². The predicted octanol–water partition coefficient (Wildman–Crippen LogP) is 1.62. The third kappa shape index (κ3) is 14.2. The average Bonchev–Trinajstić information content (AvgIpc) is 2.54. The van der Waals surface area contributed by atoms with Gasteiger partial charge in [0.1, 0.15) is 0 Å². The first-order chi connectivity index (χ1) is 11.5. The molecule has 0 unspecified atom stereocenters. The Morgan fingerprint density at radius 3 is 2.04 bits per heavy atom. The average molecular weight is 379 g/mol. The van der Waals surface area contributed by atoms with E-state index in [0.29, 0.717) is 18.8 Å². The molecule has 138 valence electrons. The number of carbonyl (C=O) groups is 4. The van der Waals surface area contributed by atoms with Gasteiger partial charge in [0.15, 0.2) is 0 Å². The van der Waals surface area contributed by atoms with Gasteiger partial charge in [-0.05, 0) is 6.42 Å². The molecule has 6 amide bonds. The van der Waals surface area contributed by atoms with Gasteiger partial charge in [-0.25, -0.2) is 9.59 Å². The maximum absolute atomic E-state index is 11.5. The first kappa shape index (κ1) is 22.6. The lowest BCUT2D eigenvalue weighted by atomic mass is 10.2. The number of unbranched alkanes of at least 4 members (excludes halogenated alkanes) is 2. The summed E-state index contributed by atoms with van der Waals surface area (Å²) in [4.78, 5) is 45.1. The molecule has 0 aliphatic heterocycles. The summed E-state index contributed by atoms with van der Waals surface area (Å²) < 4.78 is 0. The molecular weight excluding hydrogens is 352 g/mol. The molecule has 0 atom stereocenters. The van der Waals surface area contributed by atoms with Crippen molar-refractivity contribution < 1.29 is 19.2 Å². The van der Waals surface area contributed by atoms with Gasteiger partial charge in [0.2, 0.25) is 11.8 Å². The van der Waals surface area contributed by atoms with Gasteiger partial charge in [-0.15, -0.1) is 0 Å². The summed E-state index contributed by atoms with van der Waals surface area (Å²) >= 11 is 0. The Morgan fingerprint density at radius 2 is 1.42 bits per heavy atom. The Morgan fingerprint density at radius 1 is 0.792 bits per heavy atom. The molecule has 0 saturated carbocycles. The second kappa shape index (κ2) is 15.1. The van der Waals surface area contributed by atoms with Crippen LogP contribution in [0.3, 0.4) is 0 Å². The van der Waals surface area contributed by atoms with Gasteiger partial charge in [0, 0.05) is 25.3 Å². The van der Waals surface area contributed by atoms with E-state index in [-0.39, 0.29) is 24.0 Å². The van der Waals surface area contributed by atoms with Crippen LogP contribution in [0.1, 0.15) is 39.5 Å². The molecule has 8 nitrogen and oxygen atoms in total. The zero-order valence-corrected chi connectivity index (χ0v) is 15.7. The molecule has 0 aliphatic carbocycles. The standard InChI is InChI=1S/C14H26N4O4S2/c1-3-5-6-7-15-13(21)18-12(20)10-24-23-9-8-16-14(22)17-11(19)4-2/h3-10H2,1-2H3,(H2,15,18,20,21)(H2,16,17,19,22). The molecule has 0 aromatic heterocycles. The lowest BCUT2D eigenvalue weighted by Crippen LogP contribution is -2.40. The summed E-state index contributed by atoms with van der Waals surface area (Å²) in [5.41, 5.74) is 0. The van der Waals surface area contributed by atoms with Crippen LogP contribution in [0.2, 0.25) is 0 Å². The van der Waals surface area contributed by atoms with Gasteiger partial charge in [0.05, 0.1) is 5.75 Å². The Hall–Kier alpha value is -1.42. The molecule has 0 aromatic carbocycles. The summed E-state index contributed by atoms with van der Waals surface area (Å²) in [6.45, 7) is 4.67. The molecule has 0 spiro atoms. The second-order valence-corrected chi connectivity index (χ2v) is 7.34. The van der Waals surface area contributed by atoms with Gasteiger partial charge in [0.25, 0.3) is 0 Å². The van der Waals surface area contributed by atoms with Crippen molar-refractivity contribution in [3.05, 3.63) is 0 Å². The number of hydrogen-bond donors (Lipinski definition) is 4. The zero-order valence-electron chi connectivity index (χ0n) is 14.1. The maximum Gasteiger partial charge on any atom is 0.321 e. The Kier molecular flexibility index (Phi) is 14.2. The Balaban J connectivity index is 3.53. The van der Waals surface area contributed by atoms with Crippen LogP contribution in [0.4, 0.5) is 9.59 Å². The van der Waals surface area contributed by atoms with Crippen LogP contribution in [0.5, 0.6) is 0 Å². The largest absolute Gasteiger partial charge is 0.338 e. The van der Waals surface area contributed by atoms with E-state index >= 15 is 0 Å². The molecule has 0 saturated heterocycles. The molecule has 0 rings (SSSR count). The molecule has 0 bridgehead atoms. The normalized spacial score (nSPS) is 9.92. The van der Waals surface area contributed by atoms with Crippen molar-refractivity contribution >= 4 is 45.5 Å². The smallest absolute Gasteiger partial charge is 0.321 e. The van der Waals surface area contributed by atoms with Crippen LogP contribution < -0.4 is 21.3 Å². The van der Waals surface area contributed by atoms with Crippen LogP contribution in [0, 0.1) is 0 Å². The summed E-state index contributed by atoms with van der Waals surface area (Å²) in [6, 6.07) is -0.995. The second-order valence-electron chi connectivity index (χ2n) is 4.75. The number of amides is 6. The van der Waals surface area contributed by atoms with Crippen molar-refractivity contribution in [3.8, 4) is 0 Å². The van der Waals surface area contributed by atoms with E-state index < -0.39 is 12.1 Å². The van der Waals surface area contributed by atoms with Crippen molar-refractivity contribution in [1.82, 2.24) is 21.3 Å². The fourth-order valence-corrected chi connectivity index (χ4v) is 3.14. The lowest BCUT2D eigenvalue weighted by Gasteiger charge is -2.07. The Labute approximate surface area is 150 Å². The SMILES string of the molecule is CCCCCNC(=O)NC(=O)CSSCCNC(=O)NC(=O)CC. The number of nitrogens with one attached hydrogen (secondary N) is 4. The maximum atomic E-state index is 11.5. The van der Waals surface area contributed by atoms with E-state index in [4.69, 9.17) is 0 Å². The highest BCUT2D eigenvalue weighted by atomic mass is 33.1. The van der Waals surface area contributed by atoms with Crippen molar-refractivity contribution in [3.63, 3.8) is 0 Å². The van der Waals surface area contributed by atoms with E-state index in [1.807, 2.05) is 0 Å². The van der Waals surface area contributed by atoms with Crippen molar-refractivity contribution in [2.45, 2.75) is 39.5 Å². The van der Waals surface area contributed by atoms with E-state index in [2.05, 4.69) is 28.2 Å². The molecule has 10 heteroatoms. The molecule has 0 heterocycles. The summed E-state index contributed by atoms with van der Waals surface area (Å²) in [7, 11) is 2.69. The van der Waals surface area contributed by atoms with Crippen molar-refractivity contribution in [2.75, 3.05) is 24.6 Å². The zero-order chi connectivity index (χ0) is 18.2. The fraction of sp³-hybridized carbons (Fsp3) is 0.714. The van der Waals surface area contributed by atoms with Crippen LogP contribution in [-0.4, -0.2) is 48.5 Å². The van der Waals surface area contributed by atoms with Gasteiger partial charge in [-0.2, -0.15) is 0 Å². The number of urea groups is 2. The lowest BCUT2D eigenvalue weighted by molar-refractivity contribution is -0.120. The third-order valence-corrected chi connectivity index (χ3v) is 4.91. The predicted molar refractivity (Wildman–Crippen MR) is 97.8 cm³/mol. The van der Waals surface area contributed by atoms with Gasteiger partial charge >= 0.3 is 12.1 Å². The summed E-state index contributed by atoms with van der Waals surface area (Å²) in [6.07, 6.45) is 3.26. The molecular formula is C14H26N4O4S2. The van der Waals surface area contributed by atoms with Gasteiger partial charge in [-0.1, -0.05) is 48.3 Å². The van der Waals surface area contributed by atoms with Crippen LogP contribution >= 0.6 is 21.6 Å². The molecule has 24 heavy (non-hydrogen) atoms. The third-order valence-electron chi connectivity index (χ3n) is 2.64. The van der Waals surface area contributed by atoms with E-state index in [0.717, 1.165) is 19.3 Å². The minimum absolute atomic E-state index is 0.146. The number of carbonyl (C=O) groups excluding carboxylic acids is 4. The van der Waals surface area contributed by atoms with Crippen LogP contribution in [0.15, 0.2) is 0 Å². The van der Waals surface area contributed by atoms with E-state index in [9.17, 15) is 19.2 Å². The number of hydrogen-bond acceptors (Lipinski definition) is 6. The van der Waals surface area contributed by atoms with E-state index in [1.165, 1.54) is 21.6 Å². The summed E-state index contributed by atoms with van der Waals surface area (Å²) in [5, 5.41) is 9.58. The minimum Gasteiger partial charge on any atom is -0.338 e. The van der Waals surface area contributed by atoms with Gasteiger partial charge < -0.3 is 10.6 Å². The molecule has 4 N–H and O–H groups in total. The molecule has 0 aliphatic rings. The minimum atomic E-state index is -0.523. The van der Waals surface area contributed by atoms with Crippen molar-refractivity contribution in [1.29, 1.82) is 0 Å². The van der Waals surface area contributed by atoms with Crippen molar-refractivity contribution in [2.24, 2.45) is 0 Å². The topological polar surface area (TPSA) is 116 Å². The molecule has 0 aromatic rings.